The van der Waals surface area contributed by atoms with E-state index >= 15 is 0 Å². The summed E-state index contributed by atoms with van der Waals surface area (Å²) in [6, 6.07) is 3.25. The van der Waals surface area contributed by atoms with E-state index in [1.165, 1.54) is 20.3 Å². The van der Waals surface area contributed by atoms with Crippen molar-refractivity contribution in [2.75, 3.05) is 14.2 Å². The fraction of sp³-hybridized carbons (Fsp3) is 0.538. The highest BCUT2D eigenvalue weighted by atomic mass is 16.6. The highest BCUT2D eigenvalue weighted by Crippen LogP contribution is 2.38. The molecule has 1 rings (SSSR count). The summed E-state index contributed by atoms with van der Waals surface area (Å²) >= 11 is 0. The summed E-state index contributed by atoms with van der Waals surface area (Å²) in [5.41, 5.74) is 6.32. The Morgan fingerprint density at radius 3 is 2.37 bits per heavy atom. The lowest BCUT2D eigenvalue weighted by molar-refractivity contribution is -0.385. The van der Waals surface area contributed by atoms with Crippen molar-refractivity contribution in [1.29, 1.82) is 0 Å². The molecule has 0 amide bonds. The summed E-state index contributed by atoms with van der Waals surface area (Å²) in [6.07, 6.45) is 1.37. The van der Waals surface area contributed by atoms with Crippen LogP contribution in [0.3, 0.4) is 0 Å². The van der Waals surface area contributed by atoms with Crippen molar-refractivity contribution in [3.8, 4) is 11.5 Å². The van der Waals surface area contributed by atoms with Gasteiger partial charge >= 0.3 is 5.69 Å². The fourth-order valence-electron chi connectivity index (χ4n) is 1.75. The van der Waals surface area contributed by atoms with E-state index in [9.17, 15) is 10.1 Å². The third-order valence-electron chi connectivity index (χ3n) is 2.77. The highest BCUT2D eigenvalue weighted by Gasteiger charge is 2.22. The number of nitro groups is 1. The van der Waals surface area contributed by atoms with Gasteiger partial charge in [-0.2, -0.15) is 0 Å². The van der Waals surface area contributed by atoms with E-state index < -0.39 is 4.92 Å². The Morgan fingerprint density at radius 2 is 1.95 bits per heavy atom. The van der Waals surface area contributed by atoms with Crippen LogP contribution in [-0.4, -0.2) is 24.7 Å². The SMILES string of the molecule is COc1cc(CCC(C)(C)N)cc([N+](=O)[O-])c1OC. The molecular formula is C13H20N2O4. The molecule has 0 saturated heterocycles. The van der Waals surface area contributed by atoms with Crippen LogP contribution in [0, 0.1) is 10.1 Å². The summed E-state index contributed by atoms with van der Waals surface area (Å²) in [6.45, 7) is 3.84. The van der Waals surface area contributed by atoms with E-state index in [2.05, 4.69) is 0 Å². The van der Waals surface area contributed by atoms with Crippen LogP contribution in [0.4, 0.5) is 5.69 Å². The van der Waals surface area contributed by atoms with E-state index in [-0.39, 0.29) is 17.0 Å². The van der Waals surface area contributed by atoms with Gasteiger partial charge < -0.3 is 15.2 Å². The standard InChI is InChI=1S/C13H20N2O4/c1-13(2,14)6-5-9-7-10(15(16)17)12(19-4)11(8-9)18-3/h7-8H,5-6,14H2,1-4H3. The van der Waals surface area contributed by atoms with Crippen molar-refractivity contribution in [3.05, 3.63) is 27.8 Å². The molecule has 106 valence electrons. The Bertz CT molecular complexity index is 466. The molecule has 0 fully saturated rings. The van der Waals surface area contributed by atoms with E-state index in [1.807, 2.05) is 13.8 Å². The lowest BCUT2D eigenvalue weighted by atomic mass is 9.96. The molecule has 0 spiro atoms. The van der Waals surface area contributed by atoms with Gasteiger partial charge in [0.1, 0.15) is 0 Å². The molecule has 1 aromatic rings. The Morgan fingerprint density at radius 1 is 1.32 bits per heavy atom. The normalized spacial score (nSPS) is 11.2. The van der Waals surface area contributed by atoms with Crippen LogP contribution in [0.1, 0.15) is 25.8 Å². The minimum Gasteiger partial charge on any atom is -0.493 e. The topological polar surface area (TPSA) is 87.6 Å². The first kappa shape index (κ1) is 15.2. The number of hydrogen-bond donors (Lipinski definition) is 1. The maximum Gasteiger partial charge on any atom is 0.315 e. The minimum atomic E-state index is -0.474. The van der Waals surface area contributed by atoms with E-state index in [0.29, 0.717) is 12.2 Å². The lowest BCUT2D eigenvalue weighted by Gasteiger charge is -2.18. The third kappa shape index (κ3) is 4.10. The van der Waals surface area contributed by atoms with Crippen molar-refractivity contribution >= 4 is 5.69 Å². The Balaban J connectivity index is 3.14. The van der Waals surface area contributed by atoms with Crippen LogP contribution in [-0.2, 0) is 6.42 Å². The van der Waals surface area contributed by atoms with Crippen LogP contribution in [0.5, 0.6) is 11.5 Å². The Hall–Kier alpha value is -1.82. The third-order valence-corrected chi connectivity index (χ3v) is 2.77. The highest BCUT2D eigenvalue weighted by molar-refractivity contribution is 5.58. The number of rotatable bonds is 6. The molecule has 0 radical (unpaired) electrons. The van der Waals surface area contributed by atoms with Gasteiger partial charge in [-0.25, -0.2) is 0 Å². The van der Waals surface area contributed by atoms with Crippen LogP contribution in [0.2, 0.25) is 0 Å². The number of benzene rings is 1. The van der Waals surface area contributed by atoms with Crippen molar-refractivity contribution in [1.82, 2.24) is 0 Å². The number of nitro benzene ring substituents is 1. The minimum absolute atomic E-state index is 0.0910. The number of hydrogen-bond acceptors (Lipinski definition) is 5. The number of ether oxygens (including phenoxy) is 2. The summed E-state index contributed by atoms with van der Waals surface area (Å²) in [4.78, 5) is 10.6. The van der Waals surface area contributed by atoms with Crippen LogP contribution >= 0.6 is 0 Å². The average molecular weight is 268 g/mol. The molecule has 0 aromatic heterocycles. The first-order valence-corrected chi connectivity index (χ1v) is 5.96. The maximum absolute atomic E-state index is 11.0. The van der Waals surface area contributed by atoms with Gasteiger partial charge in [0.05, 0.1) is 19.1 Å². The molecule has 6 nitrogen and oxygen atoms in total. The largest absolute Gasteiger partial charge is 0.493 e. The predicted molar refractivity (Wildman–Crippen MR) is 72.8 cm³/mol. The molecule has 0 unspecified atom stereocenters. The summed E-state index contributed by atoms with van der Waals surface area (Å²) in [5.74, 6) is 0.504. The molecule has 2 N–H and O–H groups in total. The van der Waals surface area contributed by atoms with Crippen LogP contribution in [0.25, 0.3) is 0 Å². The Kier molecular flexibility index (Phi) is 4.72. The van der Waals surface area contributed by atoms with Gasteiger partial charge in [-0.1, -0.05) is 0 Å². The van der Waals surface area contributed by atoms with Gasteiger partial charge in [0.15, 0.2) is 5.75 Å². The zero-order valence-electron chi connectivity index (χ0n) is 11.7. The van der Waals surface area contributed by atoms with Crippen LogP contribution < -0.4 is 15.2 Å². The zero-order valence-corrected chi connectivity index (χ0v) is 11.7. The summed E-state index contributed by atoms with van der Waals surface area (Å²) in [7, 11) is 2.84. The summed E-state index contributed by atoms with van der Waals surface area (Å²) in [5, 5.41) is 11.0. The first-order chi connectivity index (χ1) is 8.78. The molecule has 1 aromatic carbocycles. The first-order valence-electron chi connectivity index (χ1n) is 5.96. The maximum atomic E-state index is 11.0. The molecule has 19 heavy (non-hydrogen) atoms. The molecule has 0 atom stereocenters. The predicted octanol–water partition coefficient (Wildman–Crippen LogP) is 2.28. The van der Waals surface area contributed by atoms with E-state index in [1.54, 1.807) is 6.07 Å². The van der Waals surface area contributed by atoms with Crippen molar-refractivity contribution in [2.24, 2.45) is 5.73 Å². The smallest absolute Gasteiger partial charge is 0.315 e. The fourth-order valence-corrected chi connectivity index (χ4v) is 1.75. The second-order valence-corrected chi connectivity index (χ2v) is 5.10. The average Bonchev–Trinajstić information content (AvgIpc) is 2.33. The van der Waals surface area contributed by atoms with Gasteiger partial charge in [-0.05, 0) is 38.3 Å². The summed E-state index contributed by atoms with van der Waals surface area (Å²) < 4.78 is 10.2. The molecular weight excluding hydrogens is 248 g/mol. The Labute approximate surface area is 112 Å². The van der Waals surface area contributed by atoms with Crippen molar-refractivity contribution < 1.29 is 14.4 Å². The van der Waals surface area contributed by atoms with Gasteiger partial charge in [0.25, 0.3) is 0 Å². The van der Waals surface area contributed by atoms with Crippen molar-refractivity contribution in [3.63, 3.8) is 0 Å². The molecule has 0 aliphatic rings. The molecule has 0 heterocycles. The van der Waals surface area contributed by atoms with Gasteiger partial charge in [0.2, 0.25) is 5.75 Å². The number of methoxy groups -OCH3 is 2. The van der Waals surface area contributed by atoms with Crippen LogP contribution in [0.15, 0.2) is 12.1 Å². The van der Waals surface area contributed by atoms with E-state index in [0.717, 1.165) is 12.0 Å². The van der Waals surface area contributed by atoms with Gasteiger partial charge in [-0.3, -0.25) is 10.1 Å². The zero-order chi connectivity index (χ0) is 14.6. The second kappa shape index (κ2) is 5.88. The van der Waals surface area contributed by atoms with Gasteiger partial charge in [0, 0.05) is 11.6 Å². The number of nitrogens with zero attached hydrogens (tertiary/aromatic N) is 1. The second-order valence-electron chi connectivity index (χ2n) is 5.10. The quantitative estimate of drug-likeness (QED) is 0.631. The molecule has 0 bridgehead atoms. The van der Waals surface area contributed by atoms with E-state index in [4.69, 9.17) is 15.2 Å². The van der Waals surface area contributed by atoms with Gasteiger partial charge in [-0.15, -0.1) is 0 Å². The van der Waals surface area contributed by atoms with Crippen molar-refractivity contribution in [2.45, 2.75) is 32.2 Å². The molecule has 0 aliphatic heterocycles. The monoisotopic (exact) mass is 268 g/mol. The molecule has 0 aliphatic carbocycles. The molecule has 6 heteroatoms. The number of aryl methyl sites for hydroxylation is 1. The number of nitrogens with two attached hydrogens (primary N) is 1. The lowest BCUT2D eigenvalue weighted by Crippen LogP contribution is -2.32. The molecule has 0 saturated carbocycles.